The maximum absolute atomic E-state index is 4.75. The van der Waals surface area contributed by atoms with Gasteiger partial charge in [-0.05, 0) is 19.3 Å². The zero-order valence-corrected chi connectivity index (χ0v) is 14.9. The van der Waals surface area contributed by atoms with Gasteiger partial charge in [-0.15, -0.1) is 5.10 Å². The van der Waals surface area contributed by atoms with E-state index in [2.05, 4.69) is 22.4 Å². The third-order valence-corrected chi connectivity index (χ3v) is 4.91. The quantitative estimate of drug-likeness (QED) is 0.645. The molecule has 0 amide bonds. The highest BCUT2D eigenvalue weighted by molar-refractivity contribution is 5.23. The lowest BCUT2D eigenvalue weighted by Gasteiger charge is -2.15. The van der Waals surface area contributed by atoms with Crippen LogP contribution in [0.25, 0.3) is 0 Å². The predicted octanol–water partition coefficient (Wildman–Crippen LogP) is 5.47. The van der Waals surface area contributed by atoms with Crippen molar-refractivity contribution >= 4 is 5.95 Å². The van der Waals surface area contributed by atoms with Crippen molar-refractivity contribution in [3.63, 3.8) is 0 Å². The molecule has 0 unspecified atom stereocenters. The van der Waals surface area contributed by atoms with E-state index < -0.39 is 0 Å². The average molecular weight is 319 g/mol. The number of hydrogen-bond donors (Lipinski definition) is 1. The van der Waals surface area contributed by atoms with E-state index in [1.807, 2.05) is 6.20 Å². The van der Waals surface area contributed by atoms with Crippen LogP contribution in [0.2, 0.25) is 0 Å². The summed E-state index contributed by atoms with van der Waals surface area (Å²) in [5, 5.41) is 11.7. The molecule has 0 spiro atoms. The minimum absolute atomic E-state index is 0.578. The first-order chi connectivity index (χ1) is 11.4. The summed E-state index contributed by atoms with van der Waals surface area (Å²) < 4.78 is 0. The van der Waals surface area contributed by atoms with E-state index in [9.17, 15) is 0 Å². The highest BCUT2D eigenvalue weighted by atomic mass is 15.2. The molecule has 1 aliphatic rings. The summed E-state index contributed by atoms with van der Waals surface area (Å²) in [6, 6.07) is 0. The van der Waals surface area contributed by atoms with Crippen molar-refractivity contribution in [1.29, 1.82) is 0 Å². The van der Waals surface area contributed by atoms with Gasteiger partial charge in [-0.25, -0.2) is 4.98 Å². The molecular weight excluding hydrogens is 284 g/mol. The molecule has 130 valence electrons. The topological polar surface area (TPSA) is 50.7 Å². The van der Waals surface area contributed by atoms with Crippen LogP contribution in [0, 0.1) is 0 Å². The summed E-state index contributed by atoms with van der Waals surface area (Å²) in [5.41, 5.74) is 1.15. The van der Waals surface area contributed by atoms with Gasteiger partial charge in [0.2, 0.25) is 5.95 Å². The summed E-state index contributed by atoms with van der Waals surface area (Å²) in [4.78, 5) is 4.75. The summed E-state index contributed by atoms with van der Waals surface area (Å²) in [5.74, 6) is 1.30. The molecule has 0 aromatic carbocycles. The molecule has 1 saturated carbocycles. The molecule has 2 rings (SSSR count). The maximum atomic E-state index is 4.75. The Labute approximate surface area is 141 Å². The molecule has 0 bridgehead atoms. The highest BCUT2D eigenvalue weighted by Crippen LogP contribution is 2.29. The van der Waals surface area contributed by atoms with Crippen LogP contribution < -0.4 is 5.32 Å². The number of nitrogens with one attached hydrogen (secondary N) is 1. The van der Waals surface area contributed by atoms with E-state index in [1.165, 1.54) is 83.5 Å². The zero-order valence-electron chi connectivity index (χ0n) is 14.9. The van der Waals surface area contributed by atoms with E-state index in [0.717, 1.165) is 18.2 Å². The Kier molecular flexibility index (Phi) is 8.97. The van der Waals surface area contributed by atoms with Crippen LogP contribution in [0.3, 0.4) is 0 Å². The number of nitrogens with zero attached hydrogens (tertiary/aromatic N) is 3. The molecule has 1 N–H and O–H groups in total. The Balaban J connectivity index is 1.80. The minimum atomic E-state index is 0.578. The van der Waals surface area contributed by atoms with Gasteiger partial charge in [-0.3, -0.25) is 0 Å². The van der Waals surface area contributed by atoms with E-state index >= 15 is 0 Å². The lowest BCUT2D eigenvalue weighted by Crippen LogP contribution is -2.10. The third-order valence-electron chi connectivity index (χ3n) is 4.91. The fourth-order valence-corrected chi connectivity index (χ4v) is 3.45. The van der Waals surface area contributed by atoms with Gasteiger partial charge in [0.25, 0.3) is 0 Å². The molecule has 1 aliphatic carbocycles. The molecule has 4 heteroatoms. The van der Waals surface area contributed by atoms with Crippen LogP contribution in [-0.2, 0) is 0 Å². The molecule has 1 aromatic rings. The van der Waals surface area contributed by atoms with Crippen LogP contribution in [0.1, 0.15) is 102 Å². The monoisotopic (exact) mass is 318 g/mol. The smallest absolute Gasteiger partial charge is 0.242 e. The average Bonchev–Trinajstić information content (AvgIpc) is 2.72. The molecule has 0 saturated heterocycles. The lowest BCUT2D eigenvalue weighted by molar-refractivity contribution is 0.525. The van der Waals surface area contributed by atoms with Crippen molar-refractivity contribution in [3.05, 3.63) is 11.9 Å². The first kappa shape index (κ1) is 18.2. The number of rotatable bonds is 8. The molecule has 1 heterocycles. The van der Waals surface area contributed by atoms with Gasteiger partial charge < -0.3 is 5.32 Å². The summed E-state index contributed by atoms with van der Waals surface area (Å²) in [6.45, 7) is 3.21. The molecule has 0 aliphatic heterocycles. The highest BCUT2D eigenvalue weighted by Gasteiger charge is 2.15. The largest absolute Gasteiger partial charge is 0.353 e. The zero-order chi connectivity index (χ0) is 16.2. The van der Waals surface area contributed by atoms with Gasteiger partial charge in [0.05, 0.1) is 11.9 Å². The maximum Gasteiger partial charge on any atom is 0.242 e. The van der Waals surface area contributed by atoms with Crippen molar-refractivity contribution < 1.29 is 0 Å². The Morgan fingerprint density at radius 3 is 2.39 bits per heavy atom. The van der Waals surface area contributed by atoms with E-state index in [-0.39, 0.29) is 0 Å². The van der Waals surface area contributed by atoms with E-state index in [1.54, 1.807) is 0 Å². The number of anilines is 1. The Morgan fingerprint density at radius 1 is 0.957 bits per heavy atom. The van der Waals surface area contributed by atoms with Gasteiger partial charge in [-0.2, -0.15) is 5.10 Å². The van der Waals surface area contributed by atoms with Crippen molar-refractivity contribution in [3.8, 4) is 0 Å². The molecule has 23 heavy (non-hydrogen) atoms. The van der Waals surface area contributed by atoms with Gasteiger partial charge >= 0.3 is 0 Å². The normalized spacial score (nSPS) is 17.3. The first-order valence-corrected chi connectivity index (χ1v) is 9.83. The Bertz CT molecular complexity index is 412. The number of hydrogen-bond acceptors (Lipinski definition) is 4. The number of unbranched alkanes of at least 4 members (excludes halogenated alkanes) is 4. The predicted molar refractivity (Wildman–Crippen MR) is 96.8 cm³/mol. The lowest BCUT2D eigenvalue weighted by atomic mass is 9.94. The van der Waals surface area contributed by atoms with Crippen molar-refractivity contribution in [1.82, 2.24) is 15.2 Å². The van der Waals surface area contributed by atoms with Crippen LogP contribution in [0.5, 0.6) is 0 Å². The standard InChI is InChI=1S/C19H34N4/c1-2-3-4-9-12-15-20-19-22-18(16-21-23-19)17-13-10-7-5-6-8-11-14-17/h16-17H,2-15H2,1H3,(H,20,22,23). The van der Waals surface area contributed by atoms with Crippen LogP contribution in [0.15, 0.2) is 6.20 Å². The molecule has 1 aromatic heterocycles. The second-order valence-corrected chi connectivity index (χ2v) is 6.94. The second kappa shape index (κ2) is 11.4. The van der Waals surface area contributed by atoms with Gasteiger partial charge in [0.15, 0.2) is 0 Å². The Hall–Kier alpha value is -1.19. The fourth-order valence-electron chi connectivity index (χ4n) is 3.45. The van der Waals surface area contributed by atoms with E-state index in [0.29, 0.717) is 5.92 Å². The SMILES string of the molecule is CCCCCCCNc1nncc(C2CCCCCCCC2)n1. The number of aromatic nitrogens is 3. The summed E-state index contributed by atoms with van der Waals surface area (Å²) in [6.07, 6.45) is 19.1. The van der Waals surface area contributed by atoms with Crippen molar-refractivity contribution in [2.24, 2.45) is 0 Å². The molecular formula is C19H34N4. The van der Waals surface area contributed by atoms with Gasteiger partial charge in [0, 0.05) is 12.5 Å². The summed E-state index contributed by atoms with van der Waals surface area (Å²) >= 11 is 0. The van der Waals surface area contributed by atoms with Crippen molar-refractivity contribution in [2.75, 3.05) is 11.9 Å². The summed E-state index contributed by atoms with van der Waals surface area (Å²) in [7, 11) is 0. The first-order valence-electron chi connectivity index (χ1n) is 9.83. The molecule has 0 radical (unpaired) electrons. The third kappa shape index (κ3) is 7.28. The van der Waals surface area contributed by atoms with Crippen molar-refractivity contribution in [2.45, 2.75) is 96.3 Å². The fraction of sp³-hybridized carbons (Fsp3) is 0.842. The van der Waals surface area contributed by atoms with E-state index in [4.69, 9.17) is 4.98 Å². The van der Waals surface area contributed by atoms with Crippen LogP contribution in [0.4, 0.5) is 5.95 Å². The minimum Gasteiger partial charge on any atom is -0.353 e. The second-order valence-electron chi connectivity index (χ2n) is 6.94. The Morgan fingerprint density at radius 2 is 1.65 bits per heavy atom. The van der Waals surface area contributed by atoms with Crippen LogP contribution >= 0.6 is 0 Å². The van der Waals surface area contributed by atoms with Crippen LogP contribution in [-0.4, -0.2) is 21.7 Å². The molecule has 0 atom stereocenters. The van der Waals surface area contributed by atoms with Gasteiger partial charge in [0.1, 0.15) is 0 Å². The van der Waals surface area contributed by atoms with Gasteiger partial charge in [-0.1, -0.05) is 71.1 Å². The molecule has 4 nitrogen and oxygen atoms in total. The molecule has 1 fully saturated rings.